The summed E-state index contributed by atoms with van der Waals surface area (Å²) in [6.45, 7) is 0.451. The molecule has 1 aliphatic heterocycles. The smallest absolute Gasteiger partial charge is 0.407 e. The predicted octanol–water partition coefficient (Wildman–Crippen LogP) is 2.69. The molecule has 1 N–H and O–H groups in total. The zero-order valence-corrected chi connectivity index (χ0v) is 9.12. The normalized spacial score (nSPS) is 20.1. The van der Waals surface area contributed by atoms with Crippen molar-refractivity contribution in [2.75, 3.05) is 6.54 Å². The summed E-state index contributed by atoms with van der Waals surface area (Å²) in [7, 11) is 0. The number of aromatic nitrogens is 1. The Morgan fingerprint density at radius 2 is 2.44 bits per heavy atom. The second-order valence-electron chi connectivity index (χ2n) is 3.67. The van der Waals surface area contributed by atoms with Gasteiger partial charge >= 0.3 is 6.09 Å². The third-order valence-electron chi connectivity index (χ3n) is 2.69. The molecule has 16 heavy (non-hydrogen) atoms. The highest BCUT2D eigenvalue weighted by atomic mass is 35.5. The first-order chi connectivity index (χ1) is 7.59. The first-order valence-electron chi connectivity index (χ1n) is 4.90. The Kier molecular flexibility index (Phi) is 2.96. The van der Waals surface area contributed by atoms with Gasteiger partial charge in [-0.3, -0.25) is 0 Å². The molecule has 0 bridgehead atoms. The molecule has 0 aliphatic carbocycles. The molecule has 1 aliphatic rings. The van der Waals surface area contributed by atoms with Crippen LogP contribution in [0.25, 0.3) is 0 Å². The maximum Gasteiger partial charge on any atom is 0.407 e. The largest absolute Gasteiger partial charge is 0.465 e. The fourth-order valence-electron chi connectivity index (χ4n) is 1.99. The van der Waals surface area contributed by atoms with Gasteiger partial charge in [-0.05, 0) is 18.9 Å². The Bertz CT molecular complexity index is 427. The van der Waals surface area contributed by atoms with Crippen molar-refractivity contribution in [3.05, 3.63) is 28.8 Å². The van der Waals surface area contributed by atoms with Gasteiger partial charge < -0.3 is 10.0 Å². The average Bonchev–Trinajstić information content (AvgIpc) is 2.70. The fourth-order valence-corrected chi connectivity index (χ4v) is 2.22. The Hall–Kier alpha value is -1.36. The van der Waals surface area contributed by atoms with Crippen LogP contribution in [0.5, 0.6) is 0 Å². The molecule has 86 valence electrons. The number of hydrogen-bond donors (Lipinski definition) is 1. The van der Waals surface area contributed by atoms with Gasteiger partial charge in [0, 0.05) is 12.1 Å². The highest BCUT2D eigenvalue weighted by Crippen LogP contribution is 2.35. The number of likely N-dealkylation sites (tertiary alicyclic amines) is 1. The van der Waals surface area contributed by atoms with E-state index in [1.165, 1.54) is 11.0 Å². The second-order valence-corrected chi connectivity index (χ2v) is 4.03. The Balaban J connectivity index is 2.35. The molecule has 1 fully saturated rings. The van der Waals surface area contributed by atoms with Crippen molar-refractivity contribution in [1.29, 1.82) is 0 Å². The lowest BCUT2D eigenvalue weighted by atomic mass is 10.1. The molecule has 4 nitrogen and oxygen atoms in total. The van der Waals surface area contributed by atoms with Crippen LogP contribution >= 0.6 is 11.6 Å². The topological polar surface area (TPSA) is 53.4 Å². The van der Waals surface area contributed by atoms with Crippen molar-refractivity contribution in [2.45, 2.75) is 18.9 Å². The summed E-state index contributed by atoms with van der Waals surface area (Å²) in [4.78, 5) is 15.9. The number of halogens is 2. The molecule has 1 saturated heterocycles. The third kappa shape index (κ3) is 1.95. The number of hydrogen-bond acceptors (Lipinski definition) is 2. The van der Waals surface area contributed by atoms with E-state index in [0.29, 0.717) is 18.5 Å². The van der Waals surface area contributed by atoms with Crippen molar-refractivity contribution >= 4 is 17.7 Å². The van der Waals surface area contributed by atoms with E-state index in [-0.39, 0.29) is 11.2 Å². The molecule has 0 aromatic carbocycles. The van der Waals surface area contributed by atoms with Crippen molar-refractivity contribution in [1.82, 2.24) is 9.88 Å². The summed E-state index contributed by atoms with van der Waals surface area (Å²) in [5, 5.41) is 9.14. The zero-order chi connectivity index (χ0) is 11.7. The van der Waals surface area contributed by atoms with Gasteiger partial charge in [0.2, 0.25) is 0 Å². The van der Waals surface area contributed by atoms with Crippen molar-refractivity contribution < 1.29 is 14.3 Å². The van der Waals surface area contributed by atoms with E-state index in [2.05, 4.69) is 4.98 Å². The molecule has 0 spiro atoms. The van der Waals surface area contributed by atoms with E-state index in [0.717, 1.165) is 12.6 Å². The van der Waals surface area contributed by atoms with Gasteiger partial charge in [0.1, 0.15) is 11.0 Å². The SMILES string of the molecule is O=C(O)N1CCC[C@@H]1c1cc(F)cnc1Cl. The predicted molar refractivity (Wildman–Crippen MR) is 55.9 cm³/mol. The number of nitrogens with zero attached hydrogens (tertiary/aromatic N) is 2. The molecular formula is C10H10ClFN2O2. The molecule has 1 aromatic heterocycles. The molecule has 6 heteroatoms. The van der Waals surface area contributed by atoms with Crippen molar-refractivity contribution in [2.24, 2.45) is 0 Å². The van der Waals surface area contributed by atoms with Crippen molar-refractivity contribution in [3.8, 4) is 0 Å². The van der Waals surface area contributed by atoms with Gasteiger partial charge in [0.25, 0.3) is 0 Å². The first-order valence-corrected chi connectivity index (χ1v) is 5.28. The fraction of sp³-hybridized carbons (Fsp3) is 0.400. The number of rotatable bonds is 1. The van der Waals surface area contributed by atoms with E-state index in [4.69, 9.17) is 16.7 Å². The zero-order valence-electron chi connectivity index (χ0n) is 8.36. The van der Waals surface area contributed by atoms with Gasteiger partial charge in [-0.15, -0.1) is 0 Å². The minimum Gasteiger partial charge on any atom is -0.465 e. The van der Waals surface area contributed by atoms with Gasteiger partial charge in [0.15, 0.2) is 0 Å². The van der Waals surface area contributed by atoms with Crippen LogP contribution in [0.3, 0.4) is 0 Å². The summed E-state index contributed by atoms with van der Waals surface area (Å²) in [6, 6.07) is 0.870. The van der Waals surface area contributed by atoms with Crippen LogP contribution < -0.4 is 0 Å². The summed E-state index contributed by atoms with van der Waals surface area (Å²) in [6.07, 6.45) is 1.41. The minimum atomic E-state index is -1.01. The number of carbonyl (C=O) groups is 1. The number of carboxylic acid groups (broad SMARTS) is 1. The molecule has 1 aromatic rings. The average molecular weight is 245 g/mol. The quantitative estimate of drug-likeness (QED) is 0.773. The number of pyridine rings is 1. The molecule has 2 rings (SSSR count). The van der Waals surface area contributed by atoms with Crippen molar-refractivity contribution in [3.63, 3.8) is 0 Å². The molecule has 0 radical (unpaired) electrons. The van der Waals surface area contributed by atoms with E-state index in [9.17, 15) is 9.18 Å². The molecule has 2 heterocycles. The van der Waals surface area contributed by atoms with Gasteiger partial charge in [0.05, 0.1) is 12.2 Å². The Labute approximate surface area is 96.7 Å². The van der Waals surface area contributed by atoms with Gasteiger partial charge in [-0.25, -0.2) is 14.2 Å². The van der Waals surface area contributed by atoms with Gasteiger partial charge in [-0.1, -0.05) is 11.6 Å². The molecule has 1 amide bonds. The van der Waals surface area contributed by atoms with Crippen LogP contribution in [0.1, 0.15) is 24.4 Å². The third-order valence-corrected chi connectivity index (χ3v) is 3.01. The lowest BCUT2D eigenvalue weighted by Crippen LogP contribution is -2.29. The summed E-state index contributed by atoms with van der Waals surface area (Å²) >= 11 is 5.85. The minimum absolute atomic E-state index is 0.166. The number of amides is 1. The van der Waals surface area contributed by atoms with Crippen LogP contribution in [-0.4, -0.2) is 27.6 Å². The Morgan fingerprint density at radius 3 is 3.12 bits per heavy atom. The van der Waals surface area contributed by atoms with Crippen LogP contribution in [0.15, 0.2) is 12.3 Å². The molecular weight excluding hydrogens is 235 g/mol. The lowest BCUT2D eigenvalue weighted by Gasteiger charge is -2.22. The van der Waals surface area contributed by atoms with Crippen LogP contribution in [0.2, 0.25) is 5.15 Å². The monoisotopic (exact) mass is 244 g/mol. The summed E-state index contributed by atoms with van der Waals surface area (Å²) in [5.74, 6) is -0.503. The standard InChI is InChI=1S/C10H10ClFN2O2/c11-9-7(4-6(12)5-13-9)8-2-1-3-14(8)10(15)16/h4-5,8H,1-3H2,(H,15,16)/t8-/m1/s1. The maximum absolute atomic E-state index is 13.0. The second kappa shape index (κ2) is 4.25. The molecule has 0 saturated carbocycles. The van der Waals surface area contributed by atoms with Crippen LogP contribution in [-0.2, 0) is 0 Å². The highest BCUT2D eigenvalue weighted by molar-refractivity contribution is 6.30. The summed E-state index contributed by atoms with van der Waals surface area (Å²) in [5.41, 5.74) is 0.446. The van der Waals surface area contributed by atoms with Gasteiger partial charge in [-0.2, -0.15) is 0 Å². The Morgan fingerprint density at radius 1 is 1.69 bits per heavy atom. The molecule has 0 unspecified atom stereocenters. The van der Waals surface area contributed by atoms with E-state index < -0.39 is 11.9 Å². The summed E-state index contributed by atoms with van der Waals surface area (Å²) < 4.78 is 13.0. The van der Waals surface area contributed by atoms with E-state index in [1.54, 1.807) is 0 Å². The van der Waals surface area contributed by atoms with Crippen LogP contribution in [0, 0.1) is 5.82 Å². The van der Waals surface area contributed by atoms with Crippen LogP contribution in [0.4, 0.5) is 9.18 Å². The van der Waals surface area contributed by atoms with E-state index >= 15 is 0 Å². The highest BCUT2D eigenvalue weighted by Gasteiger charge is 2.31. The molecule has 1 atom stereocenters. The van der Waals surface area contributed by atoms with E-state index in [1.807, 2.05) is 0 Å². The maximum atomic E-state index is 13.0. The lowest BCUT2D eigenvalue weighted by molar-refractivity contribution is 0.140. The first kappa shape index (κ1) is 11.1.